The molecule has 0 bridgehead atoms. The van der Waals surface area contributed by atoms with Crippen LogP contribution in [0.1, 0.15) is 25.1 Å². The summed E-state index contributed by atoms with van der Waals surface area (Å²) in [5.74, 6) is 1.42. The molecule has 1 saturated heterocycles. The van der Waals surface area contributed by atoms with Crippen LogP contribution in [-0.2, 0) is 11.3 Å². The number of aromatic nitrogens is 2. The fourth-order valence-electron chi connectivity index (χ4n) is 2.62. The number of nitrogens with zero attached hydrogens (tertiary/aromatic N) is 3. The Morgan fingerprint density at radius 3 is 3.00 bits per heavy atom. The number of nitrogens with one attached hydrogen (secondary N) is 1. The molecular weight excluding hydrogens is 264 g/mol. The second-order valence-electron chi connectivity index (χ2n) is 5.28. The molecule has 0 aromatic carbocycles. The summed E-state index contributed by atoms with van der Waals surface area (Å²) in [5, 5.41) is 3.92. The minimum atomic E-state index is 0.383. The summed E-state index contributed by atoms with van der Waals surface area (Å²) in [6.45, 7) is 2.67. The van der Waals surface area contributed by atoms with Crippen molar-refractivity contribution >= 4 is 17.4 Å². The second kappa shape index (κ2) is 5.61. The molecule has 2 aliphatic rings. The van der Waals surface area contributed by atoms with Crippen molar-refractivity contribution in [3.63, 3.8) is 0 Å². The lowest BCUT2D eigenvalue weighted by Gasteiger charge is -2.16. The van der Waals surface area contributed by atoms with E-state index >= 15 is 0 Å². The van der Waals surface area contributed by atoms with Gasteiger partial charge >= 0.3 is 0 Å². The summed E-state index contributed by atoms with van der Waals surface area (Å²) in [6.07, 6.45) is 3.89. The zero-order valence-electron chi connectivity index (χ0n) is 11.1. The Bertz CT molecular complexity index is 452. The van der Waals surface area contributed by atoms with Gasteiger partial charge in [-0.3, -0.25) is 4.90 Å². The topological polar surface area (TPSA) is 50.3 Å². The lowest BCUT2D eigenvalue weighted by atomic mass is 10.2. The number of ether oxygens (including phenoxy) is 1. The Labute approximate surface area is 118 Å². The fourth-order valence-corrected chi connectivity index (χ4v) is 2.82. The van der Waals surface area contributed by atoms with Crippen LogP contribution in [0.25, 0.3) is 0 Å². The van der Waals surface area contributed by atoms with Gasteiger partial charge in [0.25, 0.3) is 0 Å². The van der Waals surface area contributed by atoms with E-state index in [9.17, 15) is 0 Å². The van der Waals surface area contributed by atoms with Crippen LogP contribution in [0.3, 0.4) is 0 Å². The number of likely N-dealkylation sites (tertiary alicyclic amines) is 1. The number of hydrogen-bond donors (Lipinski definition) is 1. The second-order valence-corrected chi connectivity index (χ2v) is 5.67. The van der Waals surface area contributed by atoms with Gasteiger partial charge in [0.1, 0.15) is 17.6 Å². The van der Waals surface area contributed by atoms with E-state index in [4.69, 9.17) is 16.3 Å². The predicted molar refractivity (Wildman–Crippen MR) is 74.4 cm³/mol. The van der Waals surface area contributed by atoms with Crippen LogP contribution in [0, 0.1) is 0 Å². The molecule has 0 amide bonds. The molecule has 2 heterocycles. The van der Waals surface area contributed by atoms with Crippen molar-refractivity contribution in [2.75, 3.05) is 25.5 Å². The Kier molecular flexibility index (Phi) is 3.86. The van der Waals surface area contributed by atoms with E-state index in [1.54, 1.807) is 13.2 Å². The molecule has 1 aromatic heterocycles. The van der Waals surface area contributed by atoms with Crippen LogP contribution in [-0.4, -0.2) is 47.2 Å². The standard InChI is InChI=1S/C13H19ClN4O/c1-19-8-13-16-11(14)6-12(17-13)15-9-4-5-18(7-9)10-2-3-10/h6,9-10H,2-5,7-8H2,1H3,(H,15,16,17). The van der Waals surface area contributed by atoms with E-state index in [0.717, 1.165) is 24.8 Å². The number of hydrogen-bond acceptors (Lipinski definition) is 5. The Morgan fingerprint density at radius 1 is 1.42 bits per heavy atom. The average molecular weight is 283 g/mol. The highest BCUT2D eigenvalue weighted by molar-refractivity contribution is 6.29. The van der Waals surface area contributed by atoms with Crippen molar-refractivity contribution in [3.05, 3.63) is 17.0 Å². The van der Waals surface area contributed by atoms with Gasteiger partial charge in [-0.2, -0.15) is 0 Å². The van der Waals surface area contributed by atoms with E-state index in [0.29, 0.717) is 23.6 Å². The molecule has 1 saturated carbocycles. The van der Waals surface area contributed by atoms with E-state index in [1.807, 2.05) is 0 Å². The average Bonchev–Trinajstić information content (AvgIpc) is 3.11. The van der Waals surface area contributed by atoms with Crippen molar-refractivity contribution < 1.29 is 4.74 Å². The largest absolute Gasteiger partial charge is 0.377 e. The van der Waals surface area contributed by atoms with Crippen LogP contribution in [0.2, 0.25) is 5.15 Å². The third kappa shape index (κ3) is 3.35. The van der Waals surface area contributed by atoms with Gasteiger partial charge in [0.05, 0.1) is 0 Å². The number of methoxy groups -OCH3 is 1. The molecule has 1 aliphatic carbocycles. The van der Waals surface area contributed by atoms with E-state index in [-0.39, 0.29) is 0 Å². The number of rotatable bonds is 5. The maximum Gasteiger partial charge on any atom is 0.158 e. The Hall–Kier alpha value is -0.910. The maximum atomic E-state index is 6.00. The quantitative estimate of drug-likeness (QED) is 0.836. The summed E-state index contributed by atoms with van der Waals surface area (Å²) >= 11 is 6.00. The van der Waals surface area contributed by atoms with Gasteiger partial charge in [-0.1, -0.05) is 11.6 Å². The molecule has 1 aliphatic heterocycles. The minimum absolute atomic E-state index is 0.383. The molecule has 0 spiro atoms. The molecule has 1 aromatic rings. The molecule has 0 radical (unpaired) electrons. The van der Waals surface area contributed by atoms with Crippen LogP contribution < -0.4 is 5.32 Å². The van der Waals surface area contributed by atoms with Crippen LogP contribution in [0.5, 0.6) is 0 Å². The first kappa shape index (κ1) is 13.1. The van der Waals surface area contributed by atoms with Crippen molar-refractivity contribution in [1.82, 2.24) is 14.9 Å². The summed E-state index contributed by atoms with van der Waals surface area (Å²) in [5.41, 5.74) is 0. The fraction of sp³-hybridized carbons (Fsp3) is 0.692. The van der Waals surface area contributed by atoms with Crippen molar-refractivity contribution in [2.45, 2.75) is 38.0 Å². The van der Waals surface area contributed by atoms with Gasteiger partial charge in [0.2, 0.25) is 0 Å². The number of halogens is 1. The first-order chi connectivity index (χ1) is 9.24. The molecule has 5 nitrogen and oxygen atoms in total. The maximum absolute atomic E-state index is 6.00. The van der Waals surface area contributed by atoms with E-state index in [2.05, 4.69) is 20.2 Å². The Balaban J connectivity index is 1.62. The third-order valence-electron chi connectivity index (χ3n) is 3.65. The summed E-state index contributed by atoms with van der Waals surface area (Å²) in [4.78, 5) is 11.1. The minimum Gasteiger partial charge on any atom is -0.377 e. The SMILES string of the molecule is COCc1nc(Cl)cc(NC2CCN(C3CC3)C2)n1. The lowest BCUT2D eigenvalue weighted by molar-refractivity contribution is 0.178. The van der Waals surface area contributed by atoms with Gasteiger partial charge in [-0.05, 0) is 19.3 Å². The molecule has 1 atom stereocenters. The molecular formula is C13H19ClN4O. The molecule has 1 N–H and O–H groups in total. The smallest absolute Gasteiger partial charge is 0.158 e. The normalized spacial score (nSPS) is 23.8. The number of anilines is 1. The molecule has 3 rings (SSSR count). The zero-order valence-corrected chi connectivity index (χ0v) is 11.9. The van der Waals surface area contributed by atoms with Crippen LogP contribution in [0.15, 0.2) is 6.07 Å². The van der Waals surface area contributed by atoms with Gasteiger partial charge in [-0.25, -0.2) is 9.97 Å². The zero-order chi connectivity index (χ0) is 13.2. The Morgan fingerprint density at radius 2 is 2.26 bits per heavy atom. The molecule has 1 unspecified atom stereocenters. The highest BCUT2D eigenvalue weighted by Crippen LogP contribution is 2.30. The van der Waals surface area contributed by atoms with E-state index in [1.165, 1.54) is 19.4 Å². The van der Waals surface area contributed by atoms with Crippen molar-refractivity contribution in [1.29, 1.82) is 0 Å². The summed E-state index contributed by atoms with van der Waals surface area (Å²) in [7, 11) is 1.63. The molecule has 6 heteroatoms. The predicted octanol–water partition coefficient (Wildman–Crippen LogP) is 1.92. The monoisotopic (exact) mass is 282 g/mol. The van der Waals surface area contributed by atoms with Gasteiger partial charge in [-0.15, -0.1) is 0 Å². The molecule has 19 heavy (non-hydrogen) atoms. The highest BCUT2D eigenvalue weighted by Gasteiger charge is 2.34. The summed E-state index contributed by atoms with van der Waals surface area (Å²) in [6, 6.07) is 3.08. The molecule has 104 valence electrons. The highest BCUT2D eigenvalue weighted by atomic mass is 35.5. The van der Waals surface area contributed by atoms with Crippen molar-refractivity contribution in [3.8, 4) is 0 Å². The van der Waals surface area contributed by atoms with Crippen LogP contribution >= 0.6 is 11.6 Å². The van der Waals surface area contributed by atoms with Gasteiger partial charge < -0.3 is 10.1 Å². The van der Waals surface area contributed by atoms with E-state index < -0.39 is 0 Å². The lowest BCUT2D eigenvalue weighted by Crippen LogP contribution is -2.28. The first-order valence-corrected chi connectivity index (χ1v) is 7.15. The summed E-state index contributed by atoms with van der Waals surface area (Å²) < 4.78 is 5.04. The third-order valence-corrected chi connectivity index (χ3v) is 3.84. The van der Waals surface area contributed by atoms with Crippen molar-refractivity contribution in [2.24, 2.45) is 0 Å². The first-order valence-electron chi connectivity index (χ1n) is 6.77. The van der Waals surface area contributed by atoms with Crippen LogP contribution in [0.4, 0.5) is 5.82 Å². The van der Waals surface area contributed by atoms with Gasteiger partial charge in [0.15, 0.2) is 5.82 Å². The van der Waals surface area contributed by atoms with Gasteiger partial charge in [0, 0.05) is 38.3 Å². The molecule has 2 fully saturated rings.